The summed E-state index contributed by atoms with van der Waals surface area (Å²) in [6.45, 7) is 2.42. The molecule has 17 atom stereocenters. The van der Waals surface area contributed by atoms with Gasteiger partial charge in [-0.3, -0.25) is 0 Å². The number of ether oxygens (including phenoxy) is 1. The smallest absolute Gasteiger partial charge is 0.125 e. The standard InChI is InChI=1S/C63H71NO/c1-40-34-37-58-49(38-40)61-57(32-17-33-59(61)65-58)64(56-31-16-30-54-60(56)48-25-11-15-29-53(48)62(54,41-18-4-2-5-19-41)42-20-6-3-7-21-42)43-35-36-47-46-24-10-14-28-52(46)63(55(47)39-43)50-26-12-8-22-44(50)45-23-9-13-27-51(45)63/h2-6,8,11-13,15,17-19,25,27,29-30,32-37,40,42-46,48-53,56,58,60H,7,9-10,14,16,20-24,26,28,31,38-39H2,1H3. The molecule has 0 N–H and O–H groups in total. The zero-order chi connectivity index (χ0) is 42.9. The van der Waals surface area contributed by atoms with Crippen LogP contribution < -0.4 is 9.64 Å². The predicted octanol–water partition coefficient (Wildman–Crippen LogP) is 14.9. The van der Waals surface area contributed by atoms with Crippen molar-refractivity contribution in [2.75, 3.05) is 4.90 Å². The summed E-state index contributed by atoms with van der Waals surface area (Å²) < 4.78 is 7.00. The fourth-order valence-corrected chi connectivity index (χ4v) is 19.1. The van der Waals surface area contributed by atoms with E-state index in [1.54, 1.807) is 11.1 Å². The second-order valence-corrected chi connectivity index (χ2v) is 23.2. The van der Waals surface area contributed by atoms with Crippen LogP contribution in [0, 0.1) is 70.5 Å². The molecular formula is C63H71NO. The first kappa shape index (κ1) is 39.8. The molecule has 2 aromatic carbocycles. The predicted molar refractivity (Wildman–Crippen MR) is 267 cm³/mol. The lowest BCUT2D eigenvalue weighted by atomic mass is 9.55. The third-order valence-electron chi connectivity index (χ3n) is 20.9. The van der Waals surface area contributed by atoms with Crippen molar-refractivity contribution in [2.45, 2.75) is 133 Å². The van der Waals surface area contributed by atoms with Gasteiger partial charge in [0.05, 0.1) is 6.04 Å². The normalized spacial score (nSPS) is 44.4. The van der Waals surface area contributed by atoms with Crippen LogP contribution in [0.3, 0.4) is 0 Å². The Labute approximate surface area is 390 Å². The summed E-state index contributed by atoms with van der Waals surface area (Å²) in [5.41, 5.74) is 10.4. The summed E-state index contributed by atoms with van der Waals surface area (Å²) >= 11 is 0. The quantitative estimate of drug-likeness (QED) is 0.278. The highest BCUT2D eigenvalue weighted by molar-refractivity contribution is 5.67. The molecule has 17 unspecified atom stereocenters. The minimum atomic E-state index is -0.0115. The summed E-state index contributed by atoms with van der Waals surface area (Å²) in [4.78, 5) is 3.15. The van der Waals surface area contributed by atoms with Crippen molar-refractivity contribution < 1.29 is 4.74 Å². The molecule has 14 rings (SSSR count). The number of hydrogen-bond donors (Lipinski definition) is 0. The third kappa shape index (κ3) is 5.52. The molecule has 65 heavy (non-hydrogen) atoms. The van der Waals surface area contributed by atoms with Crippen LogP contribution in [0.15, 0.2) is 156 Å². The summed E-state index contributed by atoms with van der Waals surface area (Å²) in [6, 6.07) is 19.9. The fraction of sp³-hybridized carbons (Fsp3) is 0.524. The molecule has 1 aliphatic heterocycles. The summed E-state index contributed by atoms with van der Waals surface area (Å²) in [5.74, 6) is 8.75. The Hall–Kier alpha value is -4.30. The van der Waals surface area contributed by atoms with Crippen molar-refractivity contribution in [2.24, 2.45) is 70.5 Å². The van der Waals surface area contributed by atoms with Crippen molar-refractivity contribution >= 4 is 5.69 Å². The zero-order valence-electron chi connectivity index (χ0n) is 38.9. The molecule has 1 heterocycles. The van der Waals surface area contributed by atoms with Crippen LogP contribution in [-0.2, 0) is 5.41 Å². The molecule has 1 spiro atoms. The van der Waals surface area contributed by atoms with Crippen molar-refractivity contribution in [3.63, 3.8) is 0 Å². The zero-order valence-corrected chi connectivity index (χ0v) is 38.9. The largest absolute Gasteiger partial charge is 0.485 e. The van der Waals surface area contributed by atoms with Crippen LogP contribution in [0.5, 0.6) is 5.75 Å². The minimum absolute atomic E-state index is 0.0115. The maximum Gasteiger partial charge on any atom is 0.125 e. The Bertz CT molecular complexity index is 2510. The number of anilines is 1. The van der Waals surface area contributed by atoms with Crippen LogP contribution in [0.2, 0.25) is 0 Å². The molecule has 12 aliphatic rings. The molecule has 0 radical (unpaired) electrons. The monoisotopic (exact) mass is 858 g/mol. The molecule has 0 amide bonds. The molecule has 2 heteroatoms. The molecule has 334 valence electrons. The van der Waals surface area contributed by atoms with Gasteiger partial charge in [-0.25, -0.2) is 0 Å². The van der Waals surface area contributed by atoms with E-state index in [0.717, 1.165) is 48.2 Å². The van der Waals surface area contributed by atoms with Crippen molar-refractivity contribution in [1.29, 1.82) is 0 Å². The number of allylic oxidation sites excluding steroid dienone is 14. The minimum Gasteiger partial charge on any atom is -0.485 e. The van der Waals surface area contributed by atoms with E-state index in [0.29, 0.717) is 58.9 Å². The molecular weight excluding hydrogens is 787 g/mol. The van der Waals surface area contributed by atoms with E-state index < -0.39 is 0 Å². The average molecular weight is 858 g/mol. The molecule has 11 aliphatic carbocycles. The van der Waals surface area contributed by atoms with Gasteiger partial charge in [0, 0.05) is 40.0 Å². The number of fused-ring (bicyclic) bond motifs is 15. The van der Waals surface area contributed by atoms with Gasteiger partial charge in [0.2, 0.25) is 0 Å². The van der Waals surface area contributed by atoms with Crippen LogP contribution >= 0.6 is 0 Å². The Balaban J connectivity index is 0.952. The summed E-state index contributed by atoms with van der Waals surface area (Å²) in [6.07, 6.45) is 58.5. The van der Waals surface area contributed by atoms with Gasteiger partial charge in [-0.05, 0) is 172 Å². The lowest BCUT2D eigenvalue weighted by molar-refractivity contribution is 0.0572. The van der Waals surface area contributed by atoms with Crippen molar-refractivity contribution in [3.8, 4) is 5.75 Å². The van der Waals surface area contributed by atoms with E-state index in [1.165, 1.54) is 94.7 Å². The first-order chi connectivity index (χ1) is 32.2. The highest BCUT2D eigenvalue weighted by atomic mass is 16.5. The van der Waals surface area contributed by atoms with Crippen LogP contribution in [0.1, 0.15) is 120 Å². The topological polar surface area (TPSA) is 12.5 Å². The Morgan fingerprint density at radius 1 is 0.677 bits per heavy atom. The molecule has 0 aromatic heterocycles. The maximum atomic E-state index is 7.00. The van der Waals surface area contributed by atoms with Crippen molar-refractivity contribution in [3.05, 3.63) is 168 Å². The van der Waals surface area contributed by atoms with E-state index >= 15 is 0 Å². The molecule has 0 bridgehead atoms. The molecule has 2 aromatic rings. The van der Waals surface area contributed by atoms with Gasteiger partial charge in [0.1, 0.15) is 11.9 Å². The number of benzene rings is 2. The van der Waals surface area contributed by atoms with Gasteiger partial charge >= 0.3 is 0 Å². The Kier molecular flexibility index (Phi) is 9.42. The summed E-state index contributed by atoms with van der Waals surface area (Å²) in [7, 11) is 0. The van der Waals surface area contributed by atoms with E-state index in [1.807, 2.05) is 11.1 Å². The molecule has 3 fully saturated rings. The highest BCUT2D eigenvalue weighted by Crippen LogP contribution is 2.75. The SMILES string of the molecule is CC1C=CC2Oc3cccc(N(C4C=CC5=C(C4)C4(C6C=CCCC6C6CC=CCC64)C4CCCCC54)C4CCC=C5C4C4C=CC=CC4C5(c4ccccc4)C4CC=CCC4)c3C2C1. The lowest BCUT2D eigenvalue weighted by Gasteiger charge is -2.51. The van der Waals surface area contributed by atoms with Gasteiger partial charge in [-0.2, -0.15) is 0 Å². The van der Waals surface area contributed by atoms with Gasteiger partial charge < -0.3 is 9.64 Å². The Morgan fingerprint density at radius 2 is 1.55 bits per heavy atom. The first-order valence-electron chi connectivity index (χ1n) is 26.9. The van der Waals surface area contributed by atoms with Crippen molar-refractivity contribution in [1.82, 2.24) is 0 Å². The van der Waals surface area contributed by atoms with E-state index in [4.69, 9.17) is 4.74 Å². The highest BCUT2D eigenvalue weighted by Gasteiger charge is 2.68. The number of rotatable bonds is 5. The van der Waals surface area contributed by atoms with E-state index in [-0.39, 0.29) is 11.5 Å². The second kappa shape index (κ2) is 15.4. The number of hydrogen-bond acceptors (Lipinski definition) is 2. The van der Waals surface area contributed by atoms with E-state index in [2.05, 4.69) is 151 Å². The van der Waals surface area contributed by atoms with Crippen LogP contribution in [0.4, 0.5) is 5.69 Å². The Morgan fingerprint density at radius 3 is 2.48 bits per heavy atom. The van der Waals surface area contributed by atoms with Gasteiger partial charge in [0.25, 0.3) is 0 Å². The second-order valence-electron chi connectivity index (χ2n) is 23.2. The van der Waals surface area contributed by atoms with Gasteiger partial charge in [-0.1, -0.05) is 152 Å². The van der Waals surface area contributed by atoms with Crippen LogP contribution in [0.25, 0.3) is 0 Å². The first-order valence-corrected chi connectivity index (χ1v) is 26.9. The van der Waals surface area contributed by atoms with Gasteiger partial charge in [-0.15, -0.1) is 0 Å². The van der Waals surface area contributed by atoms with Crippen LogP contribution in [-0.4, -0.2) is 18.2 Å². The molecule has 3 saturated carbocycles. The third-order valence-corrected chi connectivity index (χ3v) is 20.9. The molecule has 0 saturated heterocycles. The maximum absolute atomic E-state index is 7.00. The average Bonchev–Trinajstić information content (AvgIpc) is 4.08. The number of nitrogens with zero attached hydrogens (tertiary/aromatic N) is 1. The summed E-state index contributed by atoms with van der Waals surface area (Å²) in [5, 5.41) is 0. The lowest BCUT2D eigenvalue weighted by Crippen LogP contribution is -2.51. The van der Waals surface area contributed by atoms with Gasteiger partial charge in [0.15, 0.2) is 0 Å². The fourth-order valence-electron chi connectivity index (χ4n) is 19.1. The molecule has 2 nitrogen and oxygen atoms in total. The van der Waals surface area contributed by atoms with E-state index in [9.17, 15) is 0 Å².